The summed E-state index contributed by atoms with van der Waals surface area (Å²) in [5.74, 6) is -7.09. The zero-order valence-electron chi connectivity index (χ0n) is 29.9. The SMILES string of the molecule is CC(C)CN(Cc1ccc(Oc2ccccc2)cc1)C(=O)[C@@H]1[C@H](C(=O)O)[C@@H](C(=O)O)[C@H]1C(=O)N(Cc1ccc(Oc2ccccc2)cc1)CC(C)C. The molecule has 2 amide bonds. The molecule has 0 aromatic heterocycles. The van der Waals surface area contributed by atoms with Gasteiger partial charge < -0.3 is 29.5 Å². The van der Waals surface area contributed by atoms with Crippen LogP contribution < -0.4 is 9.47 Å². The summed E-state index contributed by atoms with van der Waals surface area (Å²) in [6.07, 6.45) is 0. The molecule has 272 valence electrons. The molecule has 0 radical (unpaired) electrons. The number of amides is 2. The first kappa shape index (κ1) is 37.6. The number of carboxylic acid groups (broad SMARTS) is 2. The van der Waals surface area contributed by atoms with Crippen LogP contribution in [0.3, 0.4) is 0 Å². The molecule has 5 rings (SSSR count). The van der Waals surface area contributed by atoms with E-state index in [1.165, 1.54) is 0 Å². The Hall–Kier alpha value is -5.64. The monoisotopic (exact) mass is 706 g/mol. The maximum Gasteiger partial charge on any atom is 0.308 e. The molecule has 0 unspecified atom stereocenters. The van der Waals surface area contributed by atoms with Crippen LogP contribution in [0, 0.1) is 35.5 Å². The molecule has 1 fully saturated rings. The number of benzene rings is 4. The Morgan fingerprint density at radius 1 is 0.500 bits per heavy atom. The van der Waals surface area contributed by atoms with Crippen LogP contribution in [0.2, 0.25) is 0 Å². The van der Waals surface area contributed by atoms with Crippen LogP contribution >= 0.6 is 0 Å². The molecule has 0 saturated heterocycles. The van der Waals surface area contributed by atoms with Gasteiger partial charge in [0.15, 0.2) is 0 Å². The molecule has 4 atom stereocenters. The van der Waals surface area contributed by atoms with Crippen molar-refractivity contribution in [2.75, 3.05) is 13.1 Å². The lowest BCUT2D eigenvalue weighted by Gasteiger charge is -2.48. The van der Waals surface area contributed by atoms with Gasteiger partial charge in [0, 0.05) is 26.2 Å². The van der Waals surface area contributed by atoms with Gasteiger partial charge in [-0.2, -0.15) is 0 Å². The predicted molar refractivity (Wildman–Crippen MR) is 196 cm³/mol. The van der Waals surface area contributed by atoms with E-state index in [9.17, 15) is 29.4 Å². The minimum atomic E-state index is -1.55. The van der Waals surface area contributed by atoms with Crippen molar-refractivity contribution in [1.82, 2.24) is 9.80 Å². The van der Waals surface area contributed by atoms with Crippen molar-refractivity contribution in [3.8, 4) is 23.0 Å². The highest BCUT2D eigenvalue weighted by atomic mass is 16.5. The zero-order valence-corrected chi connectivity index (χ0v) is 29.9. The Morgan fingerprint density at radius 3 is 1.10 bits per heavy atom. The van der Waals surface area contributed by atoms with Gasteiger partial charge in [0.05, 0.1) is 23.7 Å². The minimum absolute atomic E-state index is 0.0173. The second kappa shape index (κ2) is 17.0. The molecule has 0 heterocycles. The summed E-state index contributed by atoms with van der Waals surface area (Å²) in [5, 5.41) is 20.5. The van der Waals surface area contributed by atoms with Crippen LogP contribution in [0.1, 0.15) is 38.8 Å². The summed E-state index contributed by atoms with van der Waals surface area (Å²) in [6, 6.07) is 33.2. The molecule has 4 aromatic carbocycles. The van der Waals surface area contributed by atoms with Crippen molar-refractivity contribution in [1.29, 1.82) is 0 Å². The van der Waals surface area contributed by atoms with Gasteiger partial charge in [-0.1, -0.05) is 88.4 Å². The van der Waals surface area contributed by atoms with E-state index < -0.39 is 47.4 Å². The number of hydrogen-bond donors (Lipinski definition) is 2. The summed E-state index contributed by atoms with van der Waals surface area (Å²) >= 11 is 0. The maximum atomic E-state index is 14.4. The summed E-state index contributed by atoms with van der Waals surface area (Å²) < 4.78 is 11.8. The Kier molecular flexibility index (Phi) is 12.3. The number of carbonyl (C=O) groups is 4. The molecule has 0 spiro atoms. The van der Waals surface area contributed by atoms with Gasteiger partial charge in [0.25, 0.3) is 0 Å². The molecule has 0 bridgehead atoms. The Morgan fingerprint density at radius 2 is 0.808 bits per heavy atom. The average molecular weight is 707 g/mol. The number of para-hydroxylation sites is 2. The molecule has 0 aliphatic heterocycles. The Balaban J connectivity index is 1.38. The van der Waals surface area contributed by atoms with Gasteiger partial charge in [0.2, 0.25) is 11.8 Å². The quantitative estimate of drug-likeness (QED) is 0.122. The summed E-state index contributed by atoms with van der Waals surface area (Å²) in [5.41, 5.74) is 1.55. The van der Waals surface area contributed by atoms with Crippen molar-refractivity contribution in [3.05, 3.63) is 120 Å². The van der Waals surface area contributed by atoms with E-state index in [0.717, 1.165) is 11.1 Å². The van der Waals surface area contributed by atoms with Crippen LogP contribution in [-0.2, 0) is 32.3 Å². The second-order valence-corrected chi connectivity index (χ2v) is 14.1. The lowest BCUT2D eigenvalue weighted by molar-refractivity contribution is -0.188. The minimum Gasteiger partial charge on any atom is -0.481 e. The van der Waals surface area contributed by atoms with Crippen molar-refractivity contribution < 1.29 is 38.9 Å². The van der Waals surface area contributed by atoms with Crippen LogP contribution in [0.15, 0.2) is 109 Å². The van der Waals surface area contributed by atoms with E-state index in [1.54, 1.807) is 34.1 Å². The standard InChI is InChI=1S/C42H46N2O8/c1-27(2)23-43(25-29-15-19-33(20-16-29)51-31-11-7-5-8-12-31)39(45)35-36(38(42(49)50)37(35)41(47)48)40(46)44(24-28(3)4)26-30-17-21-34(22-18-30)52-32-13-9-6-10-14-32/h5-22,27-28,35-38H,23-26H2,1-4H3,(H,47,48)(H,49,50)/t35-,36-,37-,38-/m0/s1. The second-order valence-electron chi connectivity index (χ2n) is 14.1. The smallest absolute Gasteiger partial charge is 0.308 e. The molecule has 52 heavy (non-hydrogen) atoms. The third-order valence-electron chi connectivity index (χ3n) is 9.03. The van der Waals surface area contributed by atoms with Crippen LogP contribution in [-0.4, -0.2) is 56.9 Å². The maximum absolute atomic E-state index is 14.4. The van der Waals surface area contributed by atoms with E-state index in [4.69, 9.17) is 9.47 Å². The van der Waals surface area contributed by atoms with Crippen LogP contribution in [0.4, 0.5) is 0 Å². The first-order valence-electron chi connectivity index (χ1n) is 17.6. The lowest BCUT2D eigenvalue weighted by Crippen LogP contribution is -2.64. The van der Waals surface area contributed by atoms with E-state index in [0.29, 0.717) is 23.0 Å². The van der Waals surface area contributed by atoms with Crippen molar-refractivity contribution >= 4 is 23.8 Å². The summed E-state index contributed by atoms with van der Waals surface area (Å²) in [7, 11) is 0. The highest BCUT2D eigenvalue weighted by Crippen LogP contribution is 2.49. The lowest BCUT2D eigenvalue weighted by atomic mass is 9.55. The topological polar surface area (TPSA) is 134 Å². The van der Waals surface area contributed by atoms with Crippen molar-refractivity contribution in [3.63, 3.8) is 0 Å². The van der Waals surface area contributed by atoms with E-state index in [-0.39, 0.29) is 38.0 Å². The largest absolute Gasteiger partial charge is 0.481 e. The van der Waals surface area contributed by atoms with Crippen molar-refractivity contribution in [2.24, 2.45) is 35.5 Å². The van der Waals surface area contributed by atoms with E-state index >= 15 is 0 Å². The van der Waals surface area contributed by atoms with Gasteiger partial charge in [-0.25, -0.2) is 0 Å². The Bertz CT molecular complexity index is 1680. The molecule has 10 heteroatoms. The number of rotatable bonds is 16. The fraction of sp³-hybridized carbons (Fsp3) is 0.333. The fourth-order valence-corrected chi connectivity index (χ4v) is 6.76. The summed E-state index contributed by atoms with van der Waals surface area (Å²) in [4.78, 5) is 57.1. The van der Waals surface area contributed by atoms with Gasteiger partial charge in [-0.3, -0.25) is 19.2 Å². The zero-order chi connectivity index (χ0) is 37.4. The van der Waals surface area contributed by atoms with Gasteiger partial charge in [0.1, 0.15) is 23.0 Å². The predicted octanol–water partition coefficient (Wildman–Crippen LogP) is 7.59. The molecule has 10 nitrogen and oxygen atoms in total. The molecule has 1 aliphatic rings. The van der Waals surface area contributed by atoms with Gasteiger partial charge in [-0.05, 0) is 71.5 Å². The number of carbonyl (C=O) groups excluding carboxylic acids is 2. The van der Waals surface area contributed by atoms with Gasteiger partial charge in [-0.15, -0.1) is 0 Å². The average Bonchev–Trinajstić information content (AvgIpc) is 3.09. The molecule has 2 N–H and O–H groups in total. The normalized spacial score (nSPS) is 18.0. The van der Waals surface area contributed by atoms with Crippen molar-refractivity contribution in [2.45, 2.75) is 40.8 Å². The highest BCUT2D eigenvalue weighted by Gasteiger charge is 2.64. The first-order valence-corrected chi connectivity index (χ1v) is 17.6. The molecule has 1 aliphatic carbocycles. The number of carboxylic acids is 2. The molecule has 4 aromatic rings. The first-order chi connectivity index (χ1) is 24.9. The molecular formula is C42H46N2O8. The third-order valence-corrected chi connectivity index (χ3v) is 9.03. The summed E-state index contributed by atoms with van der Waals surface area (Å²) in [6.45, 7) is 8.64. The third kappa shape index (κ3) is 9.37. The van der Waals surface area contributed by atoms with E-state index in [1.807, 2.05) is 113 Å². The molecule has 1 saturated carbocycles. The number of nitrogens with zero attached hydrogens (tertiary/aromatic N) is 2. The Labute approximate surface area is 304 Å². The van der Waals surface area contributed by atoms with E-state index in [2.05, 4.69) is 0 Å². The van der Waals surface area contributed by atoms with Gasteiger partial charge >= 0.3 is 11.9 Å². The fourth-order valence-electron chi connectivity index (χ4n) is 6.76. The van der Waals surface area contributed by atoms with Crippen LogP contribution in [0.25, 0.3) is 0 Å². The van der Waals surface area contributed by atoms with Crippen LogP contribution in [0.5, 0.6) is 23.0 Å². The number of ether oxygens (including phenoxy) is 2. The number of aliphatic carboxylic acids is 2. The highest BCUT2D eigenvalue weighted by molar-refractivity contribution is 5.99. The number of hydrogen-bond acceptors (Lipinski definition) is 6. The molecular weight excluding hydrogens is 660 g/mol.